The van der Waals surface area contributed by atoms with Gasteiger partial charge in [0.05, 0.1) is 0 Å². The topological polar surface area (TPSA) is 3.24 Å². The third-order valence-corrected chi connectivity index (χ3v) is 21.4. The van der Waals surface area contributed by atoms with Crippen LogP contribution >= 0.6 is 0 Å². The molecule has 0 atom stereocenters. The van der Waals surface area contributed by atoms with Gasteiger partial charge >= 0.3 is 146 Å². The van der Waals surface area contributed by atoms with Gasteiger partial charge in [-0.25, -0.2) is 0 Å². The fourth-order valence-electron chi connectivity index (χ4n) is 4.45. The van der Waals surface area contributed by atoms with Crippen LogP contribution in [-0.2, 0) is 0 Å². The molecule has 132 valence electrons. The number of hydrogen-bond donors (Lipinski definition) is 0. The van der Waals surface area contributed by atoms with Gasteiger partial charge in [0.1, 0.15) is 0 Å². The van der Waals surface area contributed by atoms with E-state index in [9.17, 15) is 0 Å². The molecule has 0 N–H and O–H groups in total. The summed E-state index contributed by atoms with van der Waals surface area (Å²) in [5.41, 5.74) is 0. The Bertz CT molecular complexity index is 239. The molecule has 1 saturated carbocycles. The first-order valence-electron chi connectivity index (χ1n) is 10.4. The quantitative estimate of drug-likeness (QED) is 0.323. The summed E-state index contributed by atoms with van der Waals surface area (Å²) in [5.74, 6) is 0. The van der Waals surface area contributed by atoms with Crippen molar-refractivity contribution in [2.75, 3.05) is 11.6 Å². The molecular weight excluding hydrogens is 373 g/mol. The van der Waals surface area contributed by atoms with Crippen LogP contribution in [0.3, 0.4) is 0 Å². The van der Waals surface area contributed by atoms with Crippen LogP contribution in [0.15, 0.2) is 0 Å². The van der Waals surface area contributed by atoms with Crippen molar-refractivity contribution in [3.8, 4) is 0 Å². The fraction of sp³-hybridized carbons (Fsp3) is 1.00. The van der Waals surface area contributed by atoms with E-state index in [1.165, 1.54) is 70.6 Å². The number of rotatable bonds is 12. The van der Waals surface area contributed by atoms with Gasteiger partial charge in [-0.2, -0.15) is 0 Å². The Kier molecular flexibility index (Phi) is 11.5. The maximum absolute atomic E-state index is 2.86. The zero-order chi connectivity index (χ0) is 16.3. The van der Waals surface area contributed by atoms with Gasteiger partial charge in [0, 0.05) is 0 Å². The molecule has 2 heteroatoms. The molecule has 0 aromatic carbocycles. The van der Waals surface area contributed by atoms with E-state index in [0.717, 1.165) is 6.04 Å². The third-order valence-electron chi connectivity index (χ3n) is 5.96. The van der Waals surface area contributed by atoms with Crippen molar-refractivity contribution in [2.45, 2.75) is 111 Å². The molecule has 1 rings (SSSR count). The van der Waals surface area contributed by atoms with Crippen molar-refractivity contribution in [1.29, 1.82) is 0 Å². The molecular formula is C20H43NSn. The van der Waals surface area contributed by atoms with E-state index in [-0.39, 0.29) is 0 Å². The van der Waals surface area contributed by atoms with Gasteiger partial charge in [-0.1, -0.05) is 0 Å². The second kappa shape index (κ2) is 12.2. The van der Waals surface area contributed by atoms with Crippen molar-refractivity contribution in [2.24, 2.45) is 0 Å². The van der Waals surface area contributed by atoms with Crippen molar-refractivity contribution in [1.82, 2.24) is 4.90 Å². The Hall–Kier alpha value is 0.759. The Labute approximate surface area is 145 Å². The van der Waals surface area contributed by atoms with E-state index in [4.69, 9.17) is 0 Å². The Morgan fingerprint density at radius 3 is 1.64 bits per heavy atom. The van der Waals surface area contributed by atoms with Gasteiger partial charge in [0.2, 0.25) is 0 Å². The van der Waals surface area contributed by atoms with Gasteiger partial charge in [0.15, 0.2) is 0 Å². The second-order valence-electron chi connectivity index (χ2n) is 8.02. The third kappa shape index (κ3) is 7.55. The van der Waals surface area contributed by atoms with Gasteiger partial charge in [-0.3, -0.25) is 0 Å². The molecule has 0 bridgehead atoms. The molecule has 0 amide bonds. The molecule has 1 nitrogen and oxygen atoms in total. The van der Waals surface area contributed by atoms with Crippen molar-refractivity contribution >= 4 is 18.4 Å². The molecule has 0 saturated heterocycles. The summed E-state index contributed by atoms with van der Waals surface area (Å²) in [7, 11) is 2.48. The molecule has 1 fully saturated rings. The van der Waals surface area contributed by atoms with E-state index >= 15 is 0 Å². The summed E-state index contributed by atoms with van der Waals surface area (Å²) in [6.45, 7) is 7.17. The maximum atomic E-state index is 2.86. The van der Waals surface area contributed by atoms with Crippen molar-refractivity contribution in [3.05, 3.63) is 0 Å². The molecule has 0 aromatic rings. The van der Waals surface area contributed by atoms with E-state index in [0.29, 0.717) is 0 Å². The molecule has 0 aliphatic heterocycles. The van der Waals surface area contributed by atoms with Crippen molar-refractivity contribution < 1.29 is 0 Å². The normalized spacial score (nSPS) is 17.3. The Morgan fingerprint density at radius 1 is 0.773 bits per heavy atom. The molecule has 0 heterocycles. The van der Waals surface area contributed by atoms with Crippen molar-refractivity contribution in [3.63, 3.8) is 0 Å². The average Bonchev–Trinajstić information content (AvgIpc) is 2.56. The molecule has 0 spiro atoms. The molecule has 0 aromatic heterocycles. The van der Waals surface area contributed by atoms with Crippen LogP contribution in [0.25, 0.3) is 0 Å². The van der Waals surface area contributed by atoms with Crippen LogP contribution in [0.4, 0.5) is 0 Å². The SMILES string of the molecule is CCC[CH2][Sn]([CH2]CCC)([CH2]CCC)[CH2]N(C)C1CCCCC1. The predicted octanol–water partition coefficient (Wildman–Crippen LogP) is 6.64. The monoisotopic (exact) mass is 417 g/mol. The van der Waals surface area contributed by atoms with E-state index in [2.05, 4.69) is 32.7 Å². The average molecular weight is 416 g/mol. The fourth-order valence-corrected chi connectivity index (χ4v) is 21.1. The van der Waals surface area contributed by atoms with Crippen LogP contribution in [0, 0.1) is 0 Å². The first kappa shape index (κ1) is 20.8. The van der Waals surface area contributed by atoms with E-state index in [1.807, 2.05) is 0 Å². The zero-order valence-electron chi connectivity index (χ0n) is 16.1. The number of nitrogens with zero attached hydrogens (tertiary/aromatic N) is 1. The number of unbranched alkanes of at least 4 members (excludes halogenated alkanes) is 3. The summed E-state index contributed by atoms with van der Waals surface area (Å²) < 4.78 is 6.58. The van der Waals surface area contributed by atoms with Crippen LogP contribution in [0.1, 0.15) is 91.4 Å². The molecule has 22 heavy (non-hydrogen) atoms. The zero-order valence-corrected chi connectivity index (χ0v) is 19.0. The second-order valence-corrected chi connectivity index (χ2v) is 21.8. The summed E-state index contributed by atoms with van der Waals surface area (Å²) in [4.78, 5) is 2.86. The molecule has 0 radical (unpaired) electrons. The summed E-state index contributed by atoms with van der Waals surface area (Å²) in [6, 6.07) is 0.926. The van der Waals surface area contributed by atoms with Gasteiger partial charge in [-0.15, -0.1) is 0 Å². The first-order valence-corrected chi connectivity index (χ1v) is 18.4. The van der Waals surface area contributed by atoms with Crippen LogP contribution < -0.4 is 0 Å². The first-order chi connectivity index (χ1) is 10.7. The van der Waals surface area contributed by atoms with Crippen LogP contribution in [-0.4, -0.2) is 40.9 Å². The molecule has 1 aliphatic carbocycles. The van der Waals surface area contributed by atoms with E-state index < -0.39 is 18.4 Å². The minimum atomic E-state index is -1.94. The Balaban J connectivity index is 2.69. The standard InChI is InChI=1S/C8H16N.3C4H9.Sn/c1-9(2)8-6-4-3-5-7-8;3*1-3-4-2;/h8H,1,3-7H2,2H3;3*1,3-4H2,2H3;. The summed E-state index contributed by atoms with van der Waals surface area (Å²) in [6.07, 6.45) is 16.2. The van der Waals surface area contributed by atoms with E-state index in [1.54, 1.807) is 17.9 Å². The summed E-state index contributed by atoms with van der Waals surface area (Å²) in [5, 5.41) is 0. The summed E-state index contributed by atoms with van der Waals surface area (Å²) >= 11 is -1.94. The molecule has 1 aliphatic rings. The van der Waals surface area contributed by atoms with Gasteiger partial charge in [-0.05, 0) is 0 Å². The number of hydrogen-bond acceptors (Lipinski definition) is 1. The van der Waals surface area contributed by atoms with Gasteiger partial charge < -0.3 is 0 Å². The molecule has 0 unspecified atom stereocenters. The van der Waals surface area contributed by atoms with Crippen LogP contribution in [0.2, 0.25) is 13.3 Å². The van der Waals surface area contributed by atoms with Crippen LogP contribution in [0.5, 0.6) is 0 Å². The Morgan fingerprint density at radius 2 is 1.23 bits per heavy atom. The van der Waals surface area contributed by atoms with Gasteiger partial charge in [0.25, 0.3) is 0 Å². The minimum absolute atomic E-state index is 0.926. The predicted molar refractivity (Wildman–Crippen MR) is 104 cm³/mol.